The fraction of sp³-hybridized carbons (Fsp3) is 1.00. The second-order valence-electron chi connectivity index (χ2n) is 7.88. The van der Waals surface area contributed by atoms with E-state index < -0.39 is 15.1 Å². The normalized spacial score (nSPS) is 12.0. The van der Waals surface area contributed by atoms with Gasteiger partial charge in [0.1, 0.15) is 0 Å². The molecule has 28 heavy (non-hydrogen) atoms. The summed E-state index contributed by atoms with van der Waals surface area (Å²) in [4.78, 5) is 9.95. The molecule has 0 aliphatic heterocycles. The van der Waals surface area contributed by atoms with Gasteiger partial charge in [0.2, 0.25) is 0 Å². The minimum Gasteiger partial charge on any atom is -0.756 e. The van der Waals surface area contributed by atoms with Crippen LogP contribution in [0.3, 0.4) is 0 Å². The van der Waals surface area contributed by atoms with Gasteiger partial charge >= 0.3 is 0 Å². The van der Waals surface area contributed by atoms with Crippen LogP contribution in [0.15, 0.2) is 0 Å². The van der Waals surface area contributed by atoms with Crippen molar-refractivity contribution < 1.29 is 18.5 Å². The van der Waals surface area contributed by atoms with Gasteiger partial charge in [-0.2, -0.15) is 0 Å². The Hall–Kier alpha value is 0.540. The second-order valence-corrected chi connectivity index (χ2v) is 14.0. The van der Waals surface area contributed by atoms with Gasteiger partial charge in [0.15, 0.2) is 0 Å². The first kappa shape index (κ1) is 30.7. The highest BCUT2D eigenvalue weighted by molar-refractivity contribution is 7.75. The van der Waals surface area contributed by atoms with Crippen molar-refractivity contribution >= 4 is 15.1 Å². The van der Waals surface area contributed by atoms with Crippen LogP contribution in [0.5, 0.6) is 0 Å². The molecule has 0 saturated heterocycles. The van der Waals surface area contributed by atoms with E-state index in [1.54, 1.807) is 24.6 Å². The van der Waals surface area contributed by atoms with Gasteiger partial charge in [0.25, 0.3) is 7.82 Å². The van der Waals surface area contributed by atoms with Gasteiger partial charge in [0, 0.05) is 21.5 Å². The van der Waals surface area contributed by atoms with Gasteiger partial charge in [0.05, 0.1) is 24.6 Å². The van der Waals surface area contributed by atoms with Crippen molar-refractivity contribution in [3.63, 3.8) is 0 Å². The first-order valence-corrected chi connectivity index (χ1v) is 15.6. The Morgan fingerprint density at radius 1 is 0.607 bits per heavy atom. The Morgan fingerprint density at radius 3 is 1.00 bits per heavy atom. The lowest BCUT2D eigenvalue weighted by Gasteiger charge is -2.28. The monoisotopic (exact) mass is 440 g/mol. The Balaban J connectivity index is 0. The molecule has 0 N–H and O–H groups in total. The zero-order chi connectivity index (χ0) is 21.7. The summed E-state index contributed by atoms with van der Waals surface area (Å²) in [6.07, 6.45) is 24.0. The molecule has 172 valence electrons. The number of hydrogen-bond acceptors (Lipinski definition) is 4. The average Bonchev–Trinajstić information content (AvgIpc) is 2.69. The summed E-state index contributed by atoms with van der Waals surface area (Å²) in [6.45, 7) is 9.41. The predicted molar refractivity (Wildman–Crippen MR) is 126 cm³/mol. The van der Waals surface area contributed by atoms with E-state index in [1.807, 2.05) is 0 Å². The molecule has 0 fully saturated rings. The molecule has 0 spiro atoms. The topological polar surface area (TPSA) is 58.6 Å². The van der Waals surface area contributed by atoms with Crippen LogP contribution in [-0.2, 0) is 13.6 Å². The van der Waals surface area contributed by atoms with E-state index in [0.717, 1.165) is 14.2 Å². The third-order valence-corrected chi connectivity index (χ3v) is 11.3. The molecular weight excluding hydrogens is 390 g/mol. The second kappa shape index (κ2) is 20.8. The maximum absolute atomic E-state index is 9.95. The maximum atomic E-state index is 9.95. The largest absolute Gasteiger partial charge is 0.756 e. The molecule has 0 rings (SSSR count). The molecule has 0 saturated carbocycles. The zero-order valence-electron chi connectivity index (χ0n) is 19.8. The molecule has 0 radical (unpaired) electrons. The highest BCUT2D eigenvalue weighted by atomic mass is 31.2. The highest BCUT2D eigenvalue weighted by Gasteiger charge is 2.34. The van der Waals surface area contributed by atoms with Crippen LogP contribution < -0.4 is 4.89 Å². The third kappa shape index (κ3) is 18.6. The minimum atomic E-state index is -3.90. The van der Waals surface area contributed by atoms with Gasteiger partial charge < -0.3 is 13.9 Å². The van der Waals surface area contributed by atoms with E-state index in [9.17, 15) is 9.46 Å². The summed E-state index contributed by atoms with van der Waals surface area (Å²) < 4.78 is 17.7. The molecular formula is C22H50O4P2. The predicted octanol–water partition coefficient (Wildman–Crippen LogP) is 7.51. The standard InChI is InChI=1S/C20H44P.C2H7O4P/c1-5-9-13-17-21(18-14-10-6-2,19-15-11-7-3)20-16-12-8-4;1-5-7(3,4)6-2/h5-20H2,1-4H3;1-2H3,(H,3,4)/q+1;/p-1. The Kier molecular flexibility index (Phi) is 22.8. The van der Waals surface area contributed by atoms with Crippen molar-refractivity contribution in [1.82, 2.24) is 0 Å². The number of phosphoric ester groups is 1. The number of hydrogen-bond donors (Lipinski definition) is 0. The van der Waals surface area contributed by atoms with Gasteiger partial charge in [-0.15, -0.1) is 0 Å². The third-order valence-electron chi connectivity index (χ3n) is 5.39. The molecule has 0 amide bonds. The van der Waals surface area contributed by atoms with E-state index in [1.165, 1.54) is 77.0 Å². The lowest BCUT2D eigenvalue weighted by Crippen LogP contribution is -2.13. The molecule has 0 aliphatic carbocycles. The molecule has 0 heterocycles. The summed E-state index contributed by atoms with van der Waals surface area (Å²) >= 11 is 0. The quantitative estimate of drug-likeness (QED) is 0.163. The van der Waals surface area contributed by atoms with Crippen molar-refractivity contribution in [1.29, 1.82) is 0 Å². The van der Waals surface area contributed by atoms with E-state index in [0.29, 0.717) is 0 Å². The van der Waals surface area contributed by atoms with E-state index in [2.05, 4.69) is 36.7 Å². The molecule has 6 heteroatoms. The van der Waals surface area contributed by atoms with Crippen molar-refractivity contribution in [2.24, 2.45) is 0 Å². The summed E-state index contributed by atoms with van der Waals surface area (Å²) in [7, 11) is -2.44. The van der Waals surface area contributed by atoms with Crippen LogP contribution in [0.25, 0.3) is 0 Å². The molecule has 0 unspecified atom stereocenters. The lowest BCUT2D eigenvalue weighted by molar-refractivity contribution is -0.220. The lowest BCUT2D eigenvalue weighted by atomic mass is 10.3. The Bertz CT molecular complexity index is 311. The summed E-state index contributed by atoms with van der Waals surface area (Å²) in [6, 6.07) is 0. The fourth-order valence-corrected chi connectivity index (χ4v) is 8.60. The van der Waals surface area contributed by atoms with Crippen LogP contribution in [-0.4, -0.2) is 38.9 Å². The van der Waals surface area contributed by atoms with Crippen molar-refractivity contribution in [3.8, 4) is 0 Å². The number of phosphoric acid groups is 1. The maximum Gasteiger partial charge on any atom is 0.267 e. The number of unbranched alkanes of at least 4 members (excludes halogenated alkanes) is 8. The highest BCUT2D eigenvalue weighted by Crippen LogP contribution is 2.61. The molecule has 4 nitrogen and oxygen atoms in total. The minimum absolute atomic E-state index is 0.615. The molecule has 0 aromatic heterocycles. The van der Waals surface area contributed by atoms with E-state index >= 15 is 0 Å². The van der Waals surface area contributed by atoms with Gasteiger partial charge in [-0.3, -0.25) is 4.57 Å². The first-order chi connectivity index (χ1) is 13.4. The van der Waals surface area contributed by atoms with E-state index in [-0.39, 0.29) is 0 Å². The summed E-state index contributed by atoms with van der Waals surface area (Å²) in [5.74, 6) is 0. The fourth-order valence-electron chi connectivity index (χ4n) is 3.53. The summed E-state index contributed by atoms with van der Waals surface area (Å²) in [5.41, 5.74) is 0. The van der Waals surface area contributed by atoms with Crippen LogP contribution in [0.4, 0.5) is 0 Å². The SMILES string of the molecule is CCCCC[P+](CCCCC)(CCCCC)CCCCC.COP(=O)([O-])OC. The van der Waals surface area contributed by atoms with Gasteiger partial charge in [-0.1, -0.05) is 79.1 Å². The zero-order valence-corrected chi connectivity index (χ0v) is 21.6. The van der Waals surface area contributed by atoms with Crippen LogP contribution in [0, 0.1) is 0 Å². The first-order valence-electron chi connectivity index (χ1n) is 11.6. The molecule has 0 atom stereocenters. The smallest absolute Gasteiger partial charge is 0.267 e. The number of rotatable bonds is 18. The average molecular weight is 441 g/mol. The molecule has 0 aromatic rings. The Labute approximate surface area is 177 Å². The summed E-state index contributed by atoms with van der Waals surface area (Å²) in [5, 5.41) is 0. The molecule has 0 bridgehead atoms. The van der Waals surface area contributed by atoms with Crippen molar-refractivity contribution in [2.45, 2.75) is 105 Å². The Morgan fingerprint density at radius 2 is 0.857 bits per heavy atom. The molecule has 0 aromatic carbocycles. The van der Waals surface area contributed by atoms with Crippen LogP contribution in [0.2, 0.25) is 0 Å². The van der Waals surface area contributed by atoms with Crippen molar-refractivity contribution in [3.05, 3.63) is 0 Å². The van der Waals surface area contributed by atoms with Gasteiger partial charge in [-0.05, 0) is 25.7 Å². The van der Waals surface area contributed by atoms with E-state index in [4.69, 9.17) is 0 Å². The van der Waals surface area contributed by atoms with Crippen molar-refractivity contribution in [2.75, 3.05) is 38.9 Å². The van der Waals surface area contributed by atoms with Crippen LogP contribution >= 0.6 is 15.1 Å². The molecule has 0 aliphatic rings. The van der Waals surface area contributed by atoms with Gasteiger partial charge in [-0.25, -0.2) is 0 Å². The van der Waals surface area contributed by atoms with Crippen LogP contribution in [0.1, 0.15) is 105 Å².